The molecule has 0 saturated carbocycles. The lowest BCUT2D eigenvalue weighted by atomic mass is 9.96. The van der Waals surface area contributed by atoms with Gasteiger partial charge in [0.05, 0.1) is 0 Å². The van der Waals surface area contributed by atoms with Crippen molar-refractivity contribution in [2.24, 2.45) is 7.05 Å². The predicted molar refractivity (Wildman–Crippen MR) is 98.6 cm³/mol. The Labute approximate surface area is 155 Å². The number of carbonyl (C=O) groups is 1. The van der Waals surface area contributed by atoms with Crippen molar-refractivity contribution >= 4 is 28.6 Å². The van der Waals surface area contributed by atoms with Crippen molar-refractivity contribution in [3.63, 3.8) is 0 Å². The van der Waals surface area contributed by atoms with Crippen molar-refractivity contribution in [3.8, 4) is 0 Å². The molecule has 1 amide bonds. The second-order valence-electron chi connectivity index (χ2n) is 6.60. The van der Waals surface area contributed by atoms with E-state index < -0.39 is 0 Å². The first kappa shape index (κ1) is 16.8. The lowest BCUT2D eigenvalue weighted by Crippen LogP contribution is -2.38. The molecule has 134 valence electrons. The molecule has 0 spiro atoms. The van der Waals surface area contributed by atoms with Crippen LogP contribution in [0.5, 0.6) is 0 Å². The number of nitrogens with zero attached hydrogens (tertiary/aromatic N) is 3. The second kappa shape index (κ2) is 6.61. The molecule has 1 saturated heterocycles. The first-order valence-corrected chi connectivity index (χ1v) is 8.91. The summed E-state index contributed by atoms with van der Waals surface area (Å²) in [5.74, 6) is 0.766. The maximum absolute atomic E-state index is 12.6. The highest BCUT2D eigenvalue weighted by atomic mass is 35.5. The third-order valence-electron chi connectivity index (χ3n) is 4.85. The van der Waals surface area contributed by atoms with Crippen LogP contribution in [0.15, 0.2) is 45.7 Å². The summed E-state index contributed by atoms with van der Waals surface area (Å²) in [7, 11) is 1.66. The molecular weight excluding hydrogens is 354 g/mol. The number of rotatable bonds is 2. The third kappa shape index (κ3) is 3.12. The highest BCUT2D eigenvalue weighted by molar-refractivity contribution is 6.31. The van der Waals surface area contributed by atoms with Crippen molar-refractivity contribution in [2.45, 2.75) is 18.8 Å². The van der Waals surface area contributed by atoms with E-state index >= 15 is 0 Å². The molecule has 1 aromatic carbocycles. The first-order chi connectivity index (χ1) is 12.5. The number of amides is 1. The van der Waals surface area contributed by atoms with Gasteiger partial charge in [0, 0.05) is 48.9 Å². The molecule has 0 radical (unpaired) electrons. The van der Waals surface area contributed by atoms with Crippen LogP contribution in [-0.4, -0.2) is 33.4 Å². The van der Waals surface area contributed by atoms with Crippen molar-refractivity contribution < 1.29 is 9.21 Å². The SMILES string of the molecule is Cn1ccc(C(=O)N2CCC(c3nc4cc(Cl)ccc4o3)CC2)cc1=O. The van der Waals surface area contributed by atoms with Crippen LogP contribution in [0.1, 0.15) is 35.0 Å². The van der Waals surface area contributed by atoms with Gasteiger partial charge >= 0.3 is 0 Å². The minimum atomic E-state index is -0.184. The molecule has 0 aliphatic carbocycles. The van der Waals surface area contributed by atoms with Crippen molar-refractivity contribution in [3.05, 3.63) is 63.4 Å². The van der Waals surface area contributed by atoms with Gasteiger partial charge in [0.15, 0.2) is 11.5 Å². The van der Waals surface area contributed by atoms with Crippen LogP contribution in [0.3, 0.4) is 0 Å². The molecule has 7 heteroatoms. The molecular formula is C19H18ClN3O3. The Morgan fingerprint density at radius 1 is 1.23 bits per heavy atom. The number of oxazole rings is 1. The summed E-state index contributed by atoms with van der Waals surface area (Å²) in [6.07, 6.45) is 3.17. The van der Waals surface area contributed by atoms with Crippen molar-refractivity contribution in [2.75, 3.05) is 13.1 Å². The predicted octanol–water partition coefficient (Wildman–Crippen LogP) is 3.20. The number of benzene rings is 1. The molecule has 3 heterocycles. The van der Waals surface area contributed by atoms with E-state index in [9.17, 15) is 9.59 Å². The van der Waals surface area contributed by atoms with E-state index in [1.54, 1.807) is 36.3 Å². The largest absolute Gasteiger partial charge is 0.440 e. The minimum Gasteiger partial charge on any atom is -0.440 e. The summed E-state index contributed by atoms with van der Waals surface area (Å²) in [5.41, 5.74) is 1.73. The molecule has 0 unspecified atom stereocenters. The average Bonchev–Trinajstić information content (AvgIpc) is 3.06. The number of hydrogen-bond donors (Lipinski definition) is 0. The molecule has 6 nitrogen and oxygen atoms in total. The maximum atomic E-state index is 12.6. The van der Waals surface area contributed by atoms with E-state index in [1.807, 2.05) is 6.07 Å². The average molecular weight is 372 g/mol. The second-order valence-corrected chi connectivity index (χ2v) is 7.03. The van der Waals surface area contributed by atoms with E-state index in [4.69, 9.17) is 16.0 Å². The van der Waals surface area contributed by atoms with Gasteiger partial charge in [0.1, 0.15) is 5.52 Å². The molecule has 0 bridgehead atoms. The summed E-state index contributed by atoms with van der Waals surface area (Å²) < 4.78 is 7.30. The van der Waals surface area contributed by atoms with Gasteiger partial charge in [-0.05, 0) is 37.1 Å². The topological polar surface area (TPSA) is 68.3 Å². The Morgan fingerprint density at radius 3 is 2.73 bits per heavy atom. The third-order valence-corrected chi connectivity index (χ3v) is 5.08. The molecule has 1 aliphatic heterocycles. The number of hydrogen-bond acceptors (Lipinski definition) is 4. The van der Waals surface area contributed by atoms with Gasteiger partial charge in [0.2, 0.25) is 0 Å². The van der Waals surface area contributed by atoms with Gasteiger partial charge in [-0.15, -0.1) is 0 Å². The number of fused-ring (bicyclic) bond motifs is 1. The zero-order valence-corrected chi connectivity index (χ0v) is 15.1. The van der Waals surface area contributed by atoms with Crippen LogP contribution in [0.2, 0.25) is 5.02 Å². The van der Waals surface area contributed by atoms with E-state index in [-0.39, 0.29) is 17.4 Å². The molecule has 2 aromatic heterocycles. The lowest BCUT2D eigenvalue weighted by molar-refractivity contribution is 0.0706. The fraction of sp³-hybridized carbons (Fsp3) is 0.316. The highest BCUT2D eigenvalue weighted by Crippen LogP contribution is 2.31. The summed E-state index contributed by atoms with van der Waals surface area (Å²) in [4.78, 5) is 30.7. The molecule has 0 N–H and O–H groups in total. The van der Waals surface area contributed by atoms with Crippen LogP contribution >= 0.6 is 11.6 Å². The van der Waals surface area contributed by atoms with Gasteiger partial charge in [-0.2, -0.15) is 0 Å². The summed E-state index contributed by atoms with van der Waals surface area (Å²) in [6, 6.07) is 8.46. The van der Waals surface area contributed by atoms with Crippen LogP contribution < -0.4 is 5.56 Å². The van der Waals surface area contributed by atoms with Crippen LogP contribution in [0.4, 0.5) is 0 Å². The van der Waals surface area contributed by atoms with Gasteiger partial charge in [0.25, 0.3) is 11.5 Å². The molecule has 0 atom stereocenters. The van der Waals surface area contributed by atoms with Gasteiger partial charge in [-0.1, -0.05) is 11.6 Å². The Bertz CT molecular complexity index is 1030. The highest BCUT2D eigenvalue weighted by Gasteiger charge is 2.27. The standard InChI is InChI=1S/C19H18ClN3O3/c1-22-7-4-13(10-17(22)24)19(25)23-8-5-12(6-9-23)18-21-15-11-14(20)2-3-16(15)26-18/h2-4,7,10-12H,5-6,8-9H2,1H3. The molecule has 4 rings (SSSR count). The fourth-order valence-corrected chi connectivity index (χ4v) is 3.45. The molecule has 1 fully saturated rings. The number of carbonyl (C=O) groups excluding carboxylic acids is 1. The molecule has 26 heavy (non-hydrogen) atoms. The van der Waals surface area contributed by atoms with E-state index in [2.05, 4.69) is 4.98 Å². The zero-order valence-electron chi connectivity index (χ0n) is 14.3. The minimum absolute atomic E-state index is 0.106. The Kier molecular flexibility index (Phi) is 4.28. The lowest BCUT2D eigenvalue weighted by Gasteiger charge is -2.30. The van der Waals surface area contributed by atoms with E-state index in [1.165, 1.54) is 10.6 Å². The monoisotopic (exact) mass is 371 g/mol. The van der Waals surface area contributed by atoms with Crippen LogP contribution in [-0.2, 0) is 7.05 Å². The quantitative estimate of drug-likeness (QED) is 0.693. The van der Waals surface area contributed by atoms with E-state index in [0.29, 0.717) is 29.6 Å². The van der Waals surface area contributed by atoms with Gasteiger partial charge < -0.3 is 13.9 Å². The Hall–Kier alpha value is -2.60. The van der Waals surface area contributed by atoms with Crippen molar-refractivity contribution in [1.82, 2.24) is 14.5 Å². The normalized spacial score (nSPS) is 15.5. The number of likely N-dealkylation sites (tertiary alicyclic amines) is 1. The van der Waals surface area contributed by atoms with Crippen LogP contribution in [0, 0.1) is 0 Å². The van der Waals surface area contributed by atoms with Gasteiger partial charge in [-0.25, -0.2) is 4.98 Å². The number of piperidine rings is 1. The Balaban J connectivity index is 1.46. The van der Waals surface area contributed by atoms with E-state index in [0.717, 1.165) is 23.9 Å². The Morgan fingerprint density at radius 2 is 2.00 bits per heavy atom. The maximum Gasteiger partial charge on any atom is 0.254 e. The summed E-state index contributed by atoms with van der Waals surface area (Å²) in [6.45, 7) is 1.22. The zero-order chi connectivity index (χ0) is 18.3. The summed E-state index contributed by atoms with van der Waals surface area (Å²) in [5, 5.41) is 0.631. The smallest absolute Gasteiger partial charge is 0.254 e. The number of pyridine rings is 1. The van der Waals surface area contributed by atoms with Crippen molar-refractivity contribution in [1.29, 1.82) is 0 Å². The molecule has 1 aliphatic rings. The number of aromatic nitrogens is 2. The van der Waals surface area contributed by atoms with Crippen LogP contribution in [0.25, 0.3) is 11.1 Å². The first-order valence-electron chi connectivity index (χ1n) is 8.53. The molecule has 3 aromatic rings. The van der Waals surface area contributed by atoms with Gasteiger partial charge in [-0.3, -0.25) is 9.59 Å². The number of halogens is 1. The fourth-order valence-electron chi connectivity index (χ4n) is 3.29. The summed E-state index contributed by atoms with van der Waals surface area (Å²) >= 11 is 6.00. The number of aryl methyl sites for hydroxylation is 1.